The topological polar surface area (TPSA) is 37.3 Å². The molecule has 0 amide bonds. The summed E-state index contributed by atoms with van der Waals surface area (Å²) < 4.78 is 0. The molecule has 2 nitrogen and oxygen atoms in total. The Balaban J connectivity index is 2.55. The van der Waals surface area contributed by atoms with Gasteiger partial charge in [-0.15, -0.1) is 0 Å². The van der Waals surface area contributed by atoms with Crippen LogP contribution < -0.4 is 0 Å². The number of hydrogen-bond acceptors (Lipinski definition) is 3. The molecule has 0 fully saturated rings. The van der Waals surface area contributed by atoms with Gasteiger partial charge in [0.1, 0.15) is 0 Å². The van der Waals surface area contributed by atoms with E-state index in [1.807, 2.05) is 25.1 Å². The van der Waals surface area contributed by atoms with Gasteiger partial charge in [0, 0.05) is 12.7 Å². The molecule has 1 aromatic carbocycles. The molecule has 0 atom stereocenters. The molecule has 17 heavy (non-hydrogen) atoms. The molecule has 0 radical (unpaired) electrons. The van der Waals surface area contributed by atoms with E-state index >= 15 is 0 Å². The predicted molar refractivity (Wildman–Crippen MR) is 73.9 cm³/mol. The van der Waals surface area contributed by atoms with Gasteiger partial charge in [-0.2, -0.15) is 0 Å². The molecule has 0 spiro atoms. The molecule has 3 heteroatoms. The largest absolute Gasteiger partial charge is 0.392 e. The highest BCUT2D eigenvalue weighted by atomic mass is 32.2. The van der Waals surface area contributed by atoms with Gasteiger partial charge in [-0.1, -0.05) is 36.0 Å². The monoisotopic (exact) mass is 250 g/mol. The second-order valence-corrected chi connectivity index (χ2v) is 5.15. The van der Waals surface area contributed by atoms with Gasteiger partial charge in [-0.3, -0.25) is 4.79 Å². The molecule has 0 aliphatic carbocycles. The van der Waals surface area contributed by atoms with E-state index < -0.39 is 0 Å². The van der Waals surface area contributed by atoms with Crippen LogP contribution in [-0.4, -0.2) is 16.0 Å². The van der Waals surface area contributed by atoms with Crippen LogP contribution in [0.1, 0.15) is 30.0 Å². The van der Waals surface area contributed by atoms with E-state index in [4.69, 9.17) is 5.11 Å². The third kappa shape index (κ3) is 5.20. The zero-order chi connectivity index (χ0) is 12.7. The van der Waals surface area contributed by atoms with Crippen LogP contribution in [0.15, 0.2) is 24.3 Å². The third-order valence-electron chi connectivity index (χ3n) is 2.41. The van der Waals surface area contributed by atoms with Crippen LogP contribution in [-0.2, 0) is 11.4 Å². The highest BCUT2D eigenvalue weighted by Gasteiger charge is 1.96. The Hall–Kier alpha value is -1.06. The number of allylic oxidation sites excluding steroid dienone is 1. The SMILES string of the molecule is CC(=O)SCCC=Cc1cc(CO)ccc1C. The van der Waals surface area contributed by atoms with Crippen molar-refractivity contribution in [3.63, 3.8) is 0 Å². The molecule has 0 saturated heterocycles. The van der Waals surface area contributed by atoms with Crippen LogP contribution in [0.2, 0.25) is 0 Å². The maximum Gasteiger partial charge on any atom is 0.185 e. The molecule has 0 aliphatic heterocycles. The number of aliphatic hydroxyl groups excluding tert-OH is 1. The molecule has 0 aromatic heterocycles. The van der Waals surface area contributed by atoms with E-state index in [-0.39, 0.29) is 11.7 Å². The molecule has 1 rings (SSSR count). The summed E-state index contributed by atoms with van der Waals surface area (Å²) in [6, 6.07) is 5.93. The van der Waals surface area contributed by atoms with Crippen molar-refractivity contribution < 1.29 is 9.90 Å². The Morgan fingerprint density at radius 1 is 1.47 bits per heavy atom. The molecule has 1 N–H and O–H groups in total. The van der Waals surface area contributed by atoms with Crippen LogP contribution in [0, 0.1) is 6.92 Å². The zero-order valence-corrected chi connectivity index (χ0v) is 11.1. The van der Waals surface area contributed by atoms with Gasteiger partial charge in [0.15, 0.2) is 5.12 Å². The Bertz CT molecular complexity index is 411. The Morgan fingerprint density at radius 2 is 2.24 bits per heavy atom. The summed E-state index contributed by atoms with van der Waals surface area (Å²) in [6.45, 7) is 3.70. The highest BCUT2D eigenvalue weighted by Crippen LogP contribution is 2.14. The molecule has 0 unspecified atom stereocenters. The van der Waals surface area contributed by atoms with Crippen molar-refractivity contribution in [2.45, 2.75) is 26.9 Å². The van der Waals surface area contributed by atoms with Crippen molar-refractivity contribution in [3.05, 3.63) is 41.0 Å². The normalized spacial score (nSPS) is 11.0. The third-order valence-corrected chi connectivity index (χ3v) is 3.26. The summed E-state index contributed by atoms with van der Waals surface area (Å²) >= 11 is 1.35. The minimum Gasteiger partial charge on any atom is -0.392 e. The van der Waals surface area contributed by atoms with E-state index in [1.165, 1.54) is 17.3 Å². The predicted octanol–water partition coefficient (Wildman–Crippen LogP) is 3.17. The van der Waals surface area contributed by atoms with Crippen molar-refractivity contribution in [1.82, 2.24) is 0 Å². The van der Waals surface area contributed by atoms with Crippen molar-refractivity contribution in [2.24, 2.45) is 0 Å². The second kappa shape index (κ2) is 7.30. The lowest BCUT2D eigenvalue weighted by atomic mass is 10.0. The van der Waals surface area contributed by atoms with Gasteiger partial charge in [0.05, 0.1) is 6.61 Å². The summed E-state index contributed by atoms with van der Waals surface area (Å²) in [5, 5.41) is 9.22. The van der Waals surface area contributed by atoms with Gasteiger partial charge in [-0.05, 0) is 36.1 Å². The molecule has 0 heterocycles. The fraction of sp³-hybridized carbons (Fsp3) is 0.357. The van der Waals surface area contributed by atoms with E-state index in [2.05, 4.69) is 12.2 Å². The van der Waals surface area contributed by atoms with Gasteiger partial charge in [0.2, 0.25) is 0 Å². The van der Waals surface area contributed by atoms with E-state index in [0.717, 1.165) is 23.3 Å². The first-order valence-corrected chi connectivity index (χ1v) is 6.62. The van der Waals surface area contributed by atoms with Crippen LogP contribution in [0.3, 0.4) is 0 Å². The minimum absolute atomic E-state index is 0.0707. The van der Waals surface area contributed by atoms with Crippen LogP contribution in [0.4, 0.5) is 0 Å². The number of benzene rings is 1. The van der Waals surface area contributed by atoms with Gasteiger partial charge >= 0.3 is 0 Å². The summed E-state index contributed by atoms with van der Waals surface area (Å²) in [4.78, 5) is 10.7. The summed E-state index contributed by atoms with van der Waals surface area (Å²) in [7, 11) is 0. The number of thioether (sulfide) groups is 1. The first-order chi connectivity index (χ1) is 8.13. The summed E-state index contributed by atoms with van der Waals surface area (Å²) in [5.74, 6) is 0.824. The first kappa shape index (κ1) is 14.0. The van der Waals surface area contributed by atoms with Gasteiger partial charge in [0.25, 0.3) is 0 Å². The Morgan fingerprint density at radius 3 is 2.88 bits per heavy atom. The van der Waals surface area contributed by atoms with Crippen molar-refractivity contribution in [2.75, 3.05) is 5.75 Å². The number of aliphatic hydroxyl groups is 1. The number of hydrogen-bond donors (Lipinski definition) is 1. The maximum absolute atomic E-state index is 10.7. The van der Waals surface area contributed by atoms with Crippen LogP contribution >= 0.6 is 11.8 Å². The van der Waals surface area contributed by atoms with E-state index in [1.54, 1.807) is 6.92 Å². The first-order valence-electron chi connectivity index (χ1n) is 5.63. The van der Waals surface area contributed by atoms with E-state index in [9.17, 15) is 4.79 Å². The van der Waals surface area contributed by atoms with Crippen LogP contribution in [0.5, 0.6) is 0 Å². The second-order valence-electron chi connectivity index (χ2n) is 3.88. The lowest BCUT2D eigenvalue weighted by Gasteiger charge is -2.03. The van der Waals surface area contributed by atoms with Gasteiger partial charge < -0.3 is 5.11 Å². The minimum atomic E-state index is 0.0707. The average Bonchev–Trinajstić information content (AvgIpc) is 2.30. The smallest absolute Gasteiger partial charge is 0.185 e. The van der Waals surface area contributed by atoms with Crippen molar-refractivity contribution in [3.8, 4) is 0 Å². The Kier molecular flexibility index (Phi) is 6.01. The fourth-order valence-electron chi connectivity index (χ4n) is 1.45. The lowest BCUT2D eigenvalue weighted by Crippen LogP contribution is -1.87. The summed E-state index contributed by atoms with van der Waals surface area (Å²) in [5.41, 5.74) is 3.25. The molecule has 0 bridgehead atoms. The summed E-state index contributed by atoms with van der Waals surface area (Å²) in [6.07, 6.45) is 5.00. The Labute approximate surface area is 107 Å². The fourth-order valence-corrected chi connectivity index (χ4v) is 1.99. The number of rotatable bonds is 5. The molecule has 0 aliphatic rings. The average molecular weight is 250 g/mol. The van der Waals surface area contributed by atoms with E-state index in [0.29, 0.717) is 0 Å². The maximum atomic E-state index is 10.7. The van der Waals surface area contributed by atoms with Crippen molar-refractivity contribution >= 4 is 23.0 Å². The number of carbonyl (C=O) groups is 1. The molecule has 0 saturated carbocycles. The molecule has 1 aromatic rings. The standard InChI is InChI=1S/C14H18O2S/c1-11-6-7-13(10-15)9-14(11)5-3-4-8-17-12(2)16/h3,5-7,9,15H,4,8,10H2,1-2H3. The van der Waals surface area contributed by atoms with Crippen molar-refractivity contribution in [1.29, 1.82) is 0 Å². The molecular weight excluding hydrogens is 232 g/mol. The van der Waals surface area contributed by atoms with Crippen LogP contribution in [0.25, 0.3) is 6.08 Å². The zero-order valence-electron chi connectivity index (χ0n) is 10.3. The lowest BCUT2D eigenvalue weighted by molar-refractivity contribution is -0.109. The number of carbonyl (C=O) groups excluding carboxylic acids is 1. The molecular formula is C14H18O2S. The quantitative estimate of drug-likeness (QED) is 0.816. The molecule has 92 valence electrons. The number of aryl methyl sites for hydroxylation is 1. The highest BCUT2D eigenvalue weighted by molar-refractivity contribution is 8.13. The van der Waals surface area contributed by atoms with Gasteiger partial charge in [-0.25, -0.2) is 0 Å².